The number of hydrogen-bond donors (Lipinski definition) is 0. The van der Waals surface area contributed by atoms with Crippen molar-refractivity contribution >= 4 is 64.9 Å². The van der Waals surface area contributed by atoms with Gasteiger partial charge < -0.3 is 4.57 Å². The first-order chi connectivity index (χ1) is 32.2. The predicted octanol–water partition coefficient (Wildman–Crippen LogP) is 15.9. The second kappa shape index (κ2) is 15.0. The normalized spacial score (nSPS) is 11.7. The molecule has 0 aliphatic heterocycles. The van der Waals surface area contributed by atoms with E-state index in [9.17, 15) is 0 Å². The Balaban J connectivity index is 1.23. The number of nitrogens with zero attached hydrogens (tertiary/aromatic N) is 4. The van der Waals surface area contributed by atoms with Crippen LogP contribution in [0, 0.1) is 0 Å². The van der Waals surface area contributed by atoms with Crippen LogP contribution in [0.5, 0.6) is 0 Å². The van der Waals surface area contributed by atoms with Crippen molar-refractivity contribution < 1.29 is 0 Å². The molecule has 4 nitrogen and oxygen atoms in total. The highest BCUT2D eigenvalue weighted by atomic mass is 15.0. The summed E-state index contributed by atoms with van der Waals surface area (Å²) in [5.74, 6) is 1.85. The summed E-state index contributed by atoms with van der Waals surface area (Å²) in [4.78, 5) is 16.2. The van der Waals surface area contributed by atoms with Crippen molar-refractivity contribution in [2.45, 2.75) is 0 Å². The van der Waals surface area contributed by atoms with Gasteiger partial charge in [0.25, 0.3) is 0 Å². The molecule has 0 N–H and O–H groups in total. The summed E-state index contributed by atoms with van der Waals surface area (Å²) in [6.45, 7) is 0. The fraction of sp³-hybridized carbons (Fsp3) is 0. The standard InChI is InChI=1S/C61H38N4/c1-4-20-41(21-5-1)54-55(42-22-6-2-7-23-42)58(65-52-35-34-40-19-14-15-29-48(40)56(52)51-37-45-27-12-13-28-46(45)38-53(51)65)50-31-17-16-30-49(50)57(54)61-63-59(43-24-8-3-9-25-43)62-60(64-61)47-33-32-39-18-10-11-26-44(39)36-47/h1-38H. The van der Waals surface area contributed by atoms with Crippen molar-refractivity contribution in [2.24, 2.45) is 0 Å². The molecule has 65 heavy (non-hydrogen) atoms. The molecule has 4 heteroatoms. The van der Waals surface area contributed by atoms with Gasteiger partial charge in [-0.1, -0.05) is 206 Å². The molecule has 2 heterocycles. The Hall–Kier alpha value is -8.73. The minimum absolute atomic E-state index is 0.611. The third kappa shape index (κ3) is 6.03. The lowest BCUT2D eigenvalue weighted by atomic mass is 9.84. The first kappa shape index (κ1) is 36.9. The van der Waals surface area contributed by atoms with Crippen LogP contribution in [0.25, 0.3) is 127 Å². The number of aromatic nitrogens is 4. The molecule has 0 spiro atoms. The van der Waals surface area contributed by atoms with E-state index in [0.717, 1.165) is 71.8 Å². The maximum absolute atomic E-state index is 5.51. The molecule has 0 aliphatic carbocycles. The van der Waals surface area contributed by atoms with E-state index in [1.165, 1.54) is 37.7 Å². The molecular formula is C61H38N4. The van der Waals surface area contributed by atoms with Gasteiger partial charge in [0.15, 0.2) is 17.5 Å². The molecular weight excluding hydrogens is 789 g/mol. The lowest BCUT2D eigenvalue weighted by molar-refractivity contribution is 1.08. The molecule has 0 unspecified atom stereocenters. The first-order valence-corrected chi connectivity index (χ1v) is 22.1. The number of fused-ring (bicyclic) bond motifs is 8. The monoisotopic (exact) mass is 826 g/mol. The van der Waals surface area contributed by atoms with Gasteiger partial charge in [-0.25, -0.2) is 15.0 Å². The van der Waals surface area contributed by atoms with E-state index in [1.807, 2.05) is 18.2 Å². The Morgan fingerprint density at radius 3 is 1.45 bits per heavy atom. The average Bonchev–Trinajstić information content (AvgIpc) is 3.70. The molecule has 0 saturated heterocycles. The Labute approximate surface area is 375 Å². The van der Waals surface area contributed by atoms with Crippen LogP contribution in [-0.4, -0.2) is 19.5 Å². The molecule has 0 aliphatic rings. The SMILES string of the molecule is c1ccc(-c2nc(-c3ccc4ccccc4c3)nc(-c3c(-c4ccccc4)c(-c4ccccc4)c(-n4c5cc6ccccc6cc5c5c6ccccc6ccc54)c4ccccc34)n2)cc1. The lowest BCUT2D eigenvalue weighted by Crippen LogP contribution is -2.06. The molecule has 0 bridgehead atoms. The van der Waals surface area contributed by atoms with Crippen LogP contribution >= 0.6 is 0 Å². The van der Waals surface area contributed by atoms with Crippen LogP contribution in [-0.2, 0) is 0 Å². The van der Waals surface area contributed by atoms with Crippen molar-refractivity contribution in [2.75, 3.05) is 0 Å². The predicted molar refractivity (Wildman–Crippen MR) is 271 cm³/mol. The lowest BCUT2D eigenvalue weighted by Gasteiger charge is -2.25. The van der Waals surface area contributed by atoms with E-state index in [0.29, 0.717) is 17.5 Å². The van der Waals surface area contributed by atoms with E-state index >= 15 is 0 Å². The van der Waals surface area contributed by atoms with Crippen LogP contribution in [0.3, 0.4) is 0 Å². The Morgan fingerprint density at radius 1 is 0.262 bits per heavy atom. The van der Waals surface area contributed by atoms with Gasteiger partial charge in [0.05, 0.1) is 16.7 Å². The second-order valence-electron chi connectivity index (χ2n) is 16.7. The zero-order valence-corrected chi connectivity index (χ0v) is 35.2. The fourth-order valence-corrected chi connectivity index (χ4v) is 10.0. The van der Waals surface area contributed by atoms with Gasteiger partial charge >= 0.3 is 0 Å². The molecule has 302 valence electrons. The zero-order valence-electron chi connectivity index (χ0n) is 35.2. The van der Waals surface area contributed by atoms with Crippen LogP contribution in [0.2, 0.25) is 0 Å². The maximum Gasteiger partial charge on any atom is 0.165 e. The summed E-state index contributed by atoms with van der Waals surface area (Å²) in [5.41, 5.74) is 10.5. The Kier molecular flexibility index (Phi) is 8.50. The van der Waals surface area contributed by atoms with Gasteiger partial charge in [-0.15, -0.1) is 0 Å². The molecule has 0 radical (unpaired) electrons. The largest absolute Gasteiger partial charge is 0.308 e. The van der Waals surface area contributed by atoms with Crippen LogP contribution in [0.1, 0.15) is 0 Å². The second-order valence-corrected chi connectivity index (χ2v) is 16.7. The van der Waals surface area contributed by atoms with Gasteiger partial charge in [0, 0.05) is 44.0 Å². The van der Waals surface area contributed by atoms with Gasteiger partial charge in [-0.05, 0) is 73.1 Å². The summed E-state index contributed by atoms with van der Waals surface area (Å²) in [5, 5.41) is 11.7. The third-order valence-electron chi connectivity index (χ3n) is 13.0. The molecule has 11 aromatic carbocycles. The number of rotatable bonds is 6. The summed E-state index contributed by atoms with van der Waals surface area (Å²) < 4.78 is 2.54. The molecule has 0 fully saturated rings. The first-order valence-electron chi connectivity index (χ1n) is 22.1. The van der Waals surface area contributed by atoms with E-state index in [2.05, 4.69) is 217 Å². The topological polar surface area (TPSA) is 43.6 Å². The zero-order chi connectivity index (χ0) is 42.8. The summed E-state index contributed by atoms with van der Waals surface area (Å²) in [6.07, 6.45) is 0. The summed E-state index contributed by atoms with van der Waals surface area (Å²) >= 11 is 0. The number of benzene rings is 11. The van der Waals surface area contributed by atoms with Crippen molar-refractivity contribution in [3.8, 4) is 62.1 Å². The van der Waals surface area contributed by atoms with Crippen molar-refractivity contribution in [3.05, 3.63) is 231 Å². The van der Waals surface area contributed by atoms with Crippen molar-refractivity contribution in [1.29, 1.82) is 0 Å². The van der Waals surface area contributed by atoms with Gasteiger partial charge in [0.1, 0.15) is 0 Å². The van der Waals surface area contributed by atoms with Gasteiger partial charge in [-0.3, -0.25) is 0 Å². The minimum atomic E-state index is 0.611. The highest BCUT2D eigenvalue weighted by Crippen LogP contribution is 2.51. The maximum atomic E-state index is 5.51. The van der Waals surface area contributed by atoms with E-state index in [-0.39, 0.29) is 0 Å². The number of hydrogen-bond acceptors (Lipinski definition) is 3. The average molecular weight is 827 g/mol. The van der Waals surface area contributed by atoms with E-state index in [4.69, 9.17) is 15.0 Å². The Morgan fingerprint density at radius 2 is 0.754 bits per heavy atom. The smallest absolute Gasteiger partial charge is 0.165 e. The molecule has 13 rings (SSSR count). The third-order valence-corrected chi connectivity index (χ3v) is 13.0. The van der Waals surface area contributed by atoms with Gasteiger partial charge in [-0.2, -0.15) is 0 Å². The molecule has 0 saturated carbocycles. The van der Waals surface area contributed by atoms with Crippen LogP contribution in [0.4, 0.5) is 0 Å². The minimum Gasteiger partial charge on any atom is -0.308 e. The van der Waals surface area contributed by atoms with Crippen LogP contribution in [0.15, 0.2) is 231 Å². The highest BCUT2D eigenvalue weighted by Gasteiger charge is 2.28. The molecule has 13 aromatic rings. The highest BCUT2D eigenvalue weighted by molar-refractivity contribution is 6.25. The molecule has 0 atom stereocenters. The van der Waals surface area contributed by atoms with Crippen LogP contribution < -0.4 is 0 Å². The quantitative estimate of drug-likeness (QED) is 0.168. The van der Waals surface area contributed by atoms with E-state index < -0.39 is 0 Å². The van der Waals surface area contributed by atoms with Crippen molar-refractivity contribution in [3.63, 3.8) is 0 Å². The van der Waals surface area contributed by atoms with E-state index in [1.54, 1.807) is 0 Å². The molecule has 2 aromatic heterocycles. The van der Waals surface area contributed by atoms with Crippen molar-refractivity contribution in [1.82, 2.24) is 19.5 Å². The fourth-order valence-electron chi connectivity index (χ4n) is 10.0. The molecule has 0 amide bonds. The Bertz CT molecular complexity index is 3990. The van der Waals surface area contributed by atoms with Gasteiger partial charge in [0.2, 0.25) is 0 Å². The summed E-state index contributed by atoms with van der Waals surface area (Å²) in [7, 11) is 0. The summed E-state index contributed by atoms with van der Waals surface area (Å²) in [6, 6.07) is 82.5.